The molecule has 0 amide bonds. The topological polar surface area (TPSA) is 19.6 Å². The van der Waals surface area contributed by atoms with Crippen LogP contribution in [0.25, 0.3) is 21.9 Å². The number of furan rings is 1. The third-order valence-corrected chi connectivity index (χ3v) is 11.8. The Morgan fingerprint density at radius 2 is 0.981 bits per heavy atom. The monoisotopic (exact) mass is 686 g/mol. The number of para-hydroxylation sites is 4. The summed E-state index contributed by atoms with van der Waals surface area (Å²) >= 11 is 0. The van der Waals surface area contributed by atoms with E-state index in [1.165, 1.54) is 72.7 Å². The van der Waals surface area contributed by atoms with E-state index in [1.54, 1.807) is 0 Å². The van der Waals surface area contributed by atoms with Gasteiger partial charge in [-0.1, -0.05) is 111 Å². The minimum atomic E-state index is -0.142. The molecule has 0 aliphatic heterocycles. The van der Waals surface area contributed by atoms with E-state index < -0.39 is 0 Å². The van der Waals surface area contributed by atoms with Crippen LogP contribution in [0.4, 0.5) is 34.1 Å². The zero-order valence-corrected chi connectivity index (χ0v) is 30.3. The molecule has 53 heavy (non-hydrogen) atoms. The van der Waals surface area contributed by atoms with Gasteiger partial charge in [-0.2, -0.15) is 0 Å². The summed E-state index contributed by atoms with van der Waals surface area (Å²) in [6.45, 7) is 4.64. The summed E-state index contributed by atoms with van der Waals surface area (Å²) < 4.78 is 6.46. The second kappa shape index (κ2) is 12.6. The SMILES string of the molecule is CC(C)c1c(N(c2ccccc2)c2cccc3c2[C@]2(CCc4cccc(N(c5ccccc5)c5ccccc5)c42)CC3)ccc2oc3ccccc3c12. The highest BCUT2D eigenvalue weighted by atomic mass is 16.3. The van der Waals surface area contributed by atoms with Crippen molar-refractivity contribution in [1.82, 2.24) is 0 Å². The zero-order valence-electron chi connectivity index (χ0n) is 30.3. The van der Waals surface area contributed by atoms with Crippen molar-refractivity contribution in [2.75, 3.05) is 9.80 Å². The van der Waals surface area contributed by atoms with E-state index in [9.17, 15) is 0 Å². The van der Waals surface area contributed by atoms with E-state index in [0.717, 1.165) is 36.8 Å². The molecule has 10 rings (SSSR count). The van der Waals surface area contributed by atoms with Gasteiger partial charge < -0.3 is 14.2 Å². The minimum absolute atomic E-state index is 0.142. The van der Waals surface area contributed by atoms with Gasteiger partial charge in [0.1, 0.15) is 11.2 Å². The smallest absolute Gasteiger partial charge is 0.135 e. The van der Waals surface area contributed by atoms with Gasteiger partial charge in [0.2, 0.25) is 0 Å². The molecule has 3 heteroatoms. The van der Waals surface area contributed by atoms with Crippen LogP contribution in [0.3, 0.4) is 0 Å². The van der Waals surface area contributed by atoms with E-state index in [2.05, 4.69) is 187 Å². The Kier molecular flexibility index (Phi) is 7.50. The zero-order chi connectivity index (χ0) is 35.5. The van der Waals surface area contributed by atoms with E-state index in [-0.39, 0.29) is 11.3 Å². The van der Waals surface area contributed by atoms with Gasteiger partial charge in [0.25, 0.3) is 0 Å². The maximum absolute atomic E-state index is 6.46. The van der Waals surface area contributed by atoms with Crippen molar-refractivity contribution in [3.05, 3.63) is 192 Å². The molecule has 0 saturated carbocycles. The summed E-state index contributed by atoms with van der Waals surface area (Å²) in [5.74, 6) is 0.260. The predicted molar refractivity (Wildman–Crippen MR) is 221 cm³/mol. The van der Waals surface area contributed by atoms with Crippen molar-refractivity contribution in [2.24, 2.45) is 0 Å². The Labute approximate surface area is 311 Å². The summed E-state index contributed by atoms with van der Waals surface area (Å²) in [5, 5.41) is 2.39. The number of fused-ring (bicyclic) bond motifs is 7. The summed E-state index contributed by atoms with van der Waals surface area (Å²) in [4.78, 5) is 5.05. The molecule has 1 aromatic heterocycles. The first-order valence-corrected chi connectivity index (χ1v) is 19.1. The van der Waals surface area contributed by atoms with Crippen molar-refractivity contribution in [2.45, 2.75) is 50.9 Å². The number of benzene rings is 7. The molecule has 1 atom stereocenters. The van der Waals surface area contributed by atoms with Crippen LogP contribution in [0.1, 0.15) is 60.4 Å². The van der Waals surface area contributed by atoms with Crippen LogP contribution < -0.4 is 9.80 Å². The minimum Gasteiger partial charge on any atom is -0.456 e. The normalized spacial score (nSPS) is 16.1. The molecule has 0 unspecified atom stereocenters. The Balaban J connectivity index is 1.24. The third-order valence-electron chi connectivity index (χ3n) is 11.8. The molecule has 258 valence electrons. The number of rotatable bonds is 7. The van der Waals surface area contributed by atoms with Gasteiger partial charge in [0.05, 0.1) is 17.1 Å². The Hall–Kier alpha value is -6.06. The average molecular weight is 687 g/mol. The highest BCUT2D eigenvalue weighted by molar-refractivity contribution is 6.09. The van der Waals surface area contributed by atoms with Gasteiger partial charge in [-0.05, 0) is 126 Å². The van der Waals surface area contributed by atoms with Crippen LogP contribution in [0.5, 0.6) is 0 Å². The molecule has 2 aliphatic rings. The number of anilines is 6. The van der Waals surface area contributed by atoms with E-state index in [0.29, 0.717) is 0 Å². The number of aryl methyl sites for hydroxylation is 2. The fraction of sp³-hybridized carbons (Fsp3) is 0.160. The van der Waals surface area contributed by atoms with E-state index >= 15 is 0 Å². The van der Waals surface area contributed by atoms with Crippen molar-refractivity contribution in [1.29, 1.82) is 0 Å². The first-order valence-electron chi connectivity index (χ1n) is 19.1. The van der Waals surface area contributed by atoms with Gasteiger partial charge in [0, 0.05) is 33.2 Å². The second-order valence-electron chi connectivity index (χ2n) is 15.0. The van der Waals surface area contributed by atoms with Crippen molar-refractivity contribution in [3.63, 3.8) is 0 Å². The average Bonchev–Trinajstić information content (AvgIpc) is 3.90. The molecule has 0 saturated heterocycles. The first kappa shape index (κ1) is 31.7. The molecule has 0 bridgehead atoms. The molecule has 3 nitrogen and oxygen atoms in total. The Morgan fingerprint density at radius 1 is 0.472 bits per heavy atom. The Morgan fingerprint density at radius 3 is 1.55 bits per heavy atom. The molecule has 7 aromatic carbocycles. The van der Waals surface area contributed by atoms with Gasteiger partial charge in [-0.25, -0.2) is 0 Å². The predicted octanol–water partition coefficient (Wildman–Crippen LogP) is 13.8. The van der Waals surface area contributed by atoms with Crippen molar-refractivity contribution < 1.29 is 4.42 Å². The van der Waals surface area contributed by atoms with E-state index in [1.807, 2.05) is 0 Å². The van der Waals surface area contributed by atoms with Crippen LogP contribution >= 0.6 is 0 Å². The van der Waals surface area contributed by atoms with Crippen LogP contribution in [-0.4, -0.2) is 0 Å². The number of nitrogens with zero attached hydrogens (tertiary/aromatic N) is 2. The third kappa shape index (κ3) is 4.94. The van der Waals surface area contributed by atoms with Gasteiger partial charge in [0.15, 0.2) is 0 Å². The fourth-order valence-electron chi connectivity index (χ4n) is 9.69. The molecule has 0 radical (unpaired) electrons. The van der Waals surface area contributed by atoms with Crippen LogP contribution in [0, 0.1) is 0 Å². The second-order valence-corrected chi connectivity index (χ2v) is 15.0. The van der Waals surface area contributed by atoms with E-state index in [4.69, 9.17) is 4.42 Å². The number of hydrogen-bond acceptors (Lipinski definition) is 3. The lowest BCUT2D eigenvalue weighted by molar-refractivity contribution is 0.508. The maximum atomic E-state index is 6.46. The molecule has 0 fully saturated rings. The standard InChI is InChI=1S/C50H42N2O/c1-34(2)46-41(28-29-45-47(46)40-24-12-13-27-44(40)53-45)52(39-22-10-5-11-23-39)43-26-15-17-36-31-33-50(49(36)43)32-30-35-16-14-25-42(48(35)50)51(37-18-6-3-7-19-37)38-20-8-4-9-21-38/h3-29,34H,30-33H2,1-2H3/t50-/m1/s1. The summed E-state index contributed by atoms with van der Waals surface area (Å²) in [5.41, 5.74) is 16.2. The quantitative estimate of drug-likeness (QED) is 0.166. The lowest BCUT2D eigenvalue weighted by Crippen LogP contribution is -2.27. The molecular weight excluding hydrogens is 645 g/mol. The molecule has 2 aliphatic carbocycles. The summed E-state index contributed by atoms with van der Waals surface area (Å²) in [6.07, 6.45) is 4.29. The largest absolute Gasteiger partial charge is 0.456 e. The van der Waals surface area contributed by atoms with Gasteiger partial charge in [-0.3, -0.25) is 0 Å². The Bertz CT molecular complexity index is 2560. The lowest BCUT2D eigenvalue weighted by Gasteiger charge is -2.38. The van der Waals surface area contributed by atoms with Crippen LogP contribution in [-0.2, 0) is 18.3 Å². The van der Waals surface area contributed by atoms with Crippen LogP contribution in [0.15, 0.2) is 168 Å². The van der Waals surface area contributed by atoms with Crippen molar-refractivity contribution in [3.8, 4) is 0 Å². The van der Waals surface area contributed by atoms with Crippen molar-refractivity contribution >= 4 is 56.1 Å². The first-order chi connectivity index (χ1) is 26.1. The highest BCUT2D eigenvalue weighted by Gasteiger charge is 2.49. The molecule has 1 heterocycles. The lowest BCUT2D eigenvalue weighted by atomic mass is 9.74. The summed E-state index contributed by atoms with van der Waals surface area (Å²) in [6, 6.07) is 59.8. The summed E-state index contributed by atoms with van der Waals surface area (Å²) in [7, 11) is 0. The maximum Gasteiger partial charge on any atom is 0.135 e. The molecule has 1 spiro atoms. The molecule has 8 aromatic rings. The highest BCUT2D eigenvalue weighted by Crippen LogP contribution is 2.60. The van der Waals surface area contributed by atoms with Crippen LogP contribution in [0.2, 0.25) is 0 Å². The van der Waals surface area contributed by atoms with Gasteiger partial charge in [-0.15, -0.1) is 0 Å². The number of hydrogen-bond donors (Lipinski definition) is 0. The molecular formula is C50H42N2O. The fourth-order valence-corrected chi connectivity index (χ4v) is 9.69. The molecule has 0 N–H and O–H groups in total. The van der Waals surface area contributed by atoms with Gasteiger partial charge >= 0.3 is 0 Å².